The van der Waals surface area contributed by atoms with Crippen molar-refractivity contribution in [1.29, 1.82) is 0 Å². The van der Waals surface area contributed by atoms with Gasteiger partial charge in [0, 0.05) is 25.3 Å². The van der Waals surface area contributed by atoms with E-state index in [0.717, 1.165) is 18.8 Å². The topological polar surface area (TPSA) is 50.3 Å². The lowest BCUT2D eigenvalue weighted by Gasteiger charge is -2.29. The minimum absolute atomic E-state index is 0.201. The fourth-order valence-corrected chi connectivity index (χ4v) is 3.80. The molecule has 0 aliphatic heterocycles. The number of hydrogen-bond donors (Lipinski definition) is 1. The maximum absolute atomic E-state index is 13.3. The number of nitrogens with one attached hydrogen (secondary N) is 1. The summed E-state index contributed by atoms with van der Waals surface area (Å²) in [6, 6.07) is 3.98. The molecule has 0 saturated heterocycles. The highest BCUT2D eigenvalue weighted by atomic mass is 19.4. The van der Waals surface area contributed by atoms with E-state index in [0.29, 0.717) is 23.2 Å². The minimum Gasteiger partial charge on any atom is -0.494 e. The average Bonchev–Trinajstić information content (AvgIpc) is 3.23. The molecular weight excluding hydrogens is 381 g/mol. The Morgan fingerprint density at radius 1 is 1.17 bits per heavy atom. The van der Waals surface area contributed by atoms with Gasteiger partial charge in [-0.3, -0.25) is 0 Å². The maximum atomic E-state index is 13.3. The van der Waals surface area contributed by atoms with E-state index >= 15 is 0 Å². The normalized spacial score (nSPS) is 14.8. The lowest BCUT2D eigenvalue weighted by atomic mass is 10.0. The van der Waals surface area contributed by atoms with Gasteiger partial charge in [0.05, 0.1) is 25.1 Å². The zero-order valence-electron chi connectivity index (χ0n) is 16.8. The summed E-state index contributed by atoms with van der Waals surface area (Å²) in [5.74, 6) is 1.46. The van der Waals surface area contributed by atoms with Crippen LogP contribution in [0.2, 0.25) is 0 Å². The van der Waals surface area contributed by atoms with Gasteiger partial charge in [0.1, 0.15) is 0 Å². The second-order valence-electron chi connectivity index (χ2n) is 7.33. The number of rotatable bonds is 8. The summed E-state index contributed by atoms with van der Waals surface area (Å²) in [6.07, 6.45) is 3.49. The Hall–Kier alpha value is -2.51. The molecule has 3 rings (SSSR count). The minimum atomic E-state index is -4.38. The molecule has 1 aliphatic rings. The van der Waals surface area contributed by atoms with Crippen LogP contribution in [0.4, 0.5) is 24.8 Å². The number of aromatic nitrogens is 2. The van der Waals surface area contributed by atoms with Crippen molar-refractivity contribution in [1.82, 2.24) is 9.97 Å². The van der Waals surface area contributed by atoms with Crippen LogP contribution in [-0.4, -0.2) is 30.2 Å². The molecule has 0 spiro atoms. The number of benzene rings is 1. The number of methoxy groups -OCH3 is 1. The Kier molecular flexibility index (Phi) is 6.82. The Morgan fingerprint density at radius 3 is 2.45 bits per heavy atom. The predicted octanol–water partition coefficient (Wildman–Crippen LogP) is 5.13. The highest BCUT2D eigenvalue weighted by molar-refractivity contribution is 5.56. The van der Waals surface area contributed by atoms with E-state index in [1.54, 1.807) is 6.07 Å². The third-order valence-electron chi connectivity index (χ3n) is 5.38. The smallest absolute Gasteiger partial charge is 0.416 e. The summed E-state index contributed by atoms with van der Waals surface area (Å²) in [5.41, 5.74) is 0.762. The van der Waals surface area contributed by atoms with Crippen LogP contribution < -0.4 is 15.0 Å². The van der Waals surface area contributed by atoms with Crippen molar-refractivity contribution in [2.24, 2.45) is 5.92 Å². The number of nitrogens with zero attached hydrogens (tertiary/aromatic N) is 3. The molecular formula is C21H27F3N4O. The van der Waals surface area contributed by atoms with E-state index in [1.165, 1.54) is 57.3 Å². The standard InChI is InChI=1S/C21H27F3N4O/c1-3-28(14-15-6-4-5-7-15)19-9-8-17(21(22,23)24)10-16(19)11-25-20-26-12-18(29-2)13-27-20/h8-10,12-13,15H,3-7,11,14H2,1-2H3,(H,25,26,27). The van der Waals surface area contributed by atoms with Gasteiger partial charge in [-0.25, -0.2) is 9.97 Å². The van der Waals surface area contributed by atoms with E-state index in [4.69, 9.17) is 4.74 Å². The first kappa shape index (κ1) is 21.2. The van der Waals surface area contributed by atoms with Crippen molar-refractivity contribution in [3.63, 3.8) is 0 Å². The van der Waals surface area contributed by atoms with Crippen molar-refractivity contribution >= 4 is 11.6 Å². The van der Waals surface area contributed by atoms with Crippen molar-refractivity contribution in [2.75, 3.05) is 30.4 Å². The van der Waals surface area contributed by atoms with Gasteiger partial charge in [-0.2, -0.15) is 13.2 Å². The van der Waals surface area contributed by atoms with Gasteiger partial charge in [0.15, 0.2) is 5.75 Å². The number of ether oxygens (including phenoxy) is 1. The SMILES string of the molecule is CCN(CC1CCCC1)c1ccc(C(F)(F)F)cc1CNc1ncc(OC)cn1. The molecule has 1 fully saturated rings. The summed E-state index contributed by atoms with van der Waals surface area (Å²) in [6.45, 7) is 3.85. The number of hydrogen-bond acceptors (Lipinski definition) is 5. The first-order chi connectivity index (χ1) is 13.9. The quantitative estimate of drug-likeness (QED) is 0.656. The van der Waals surface area contributed by atoms with Crippen LogP contribution in [0, 0.1) is 5.92 Å². The van der Waals surface area contributed by atoms with Crippen molar-refractivity contribution in [2.45, 2.75) is 45.3 Å². The zero-order valence-corrected chi connectivity index (χ0v) is 16.8. The summed E-state index contributed by atoms with van der Waals surface area (Å²) >= 11 is 0. The molecule has 0 radical (unpaired) electrons. The fraction of sp³-hybridized carbons (Fsp3) is 0.524. The van der Waals surface area contributed by atoms with Crippen LogP contribution in [0.15, 0.2) is 30.6 Å². The number of alkyl halides is 3. The van der Waals surface area contributed by atoms with Gasteiger partial charge in [-0.15, -0.1) is 0 Å². The summed E-state index contributed by atoms with van der Waals surface area (Å²) in [5, 5.41) is 3.03. The average molecular weight is 408 g/mol. The van der Waals surface area contributed by atoms with Crippen LogP contribution in [0.1, 0.15) is 43.7 Å². The second kappa shape index (κ2) is 9.33. The Morgan fingerprint density at radius 2 is 1.86 bits per heavy atom. The number of halogens is 3. The van der Waals surface area contributed by atoms with Gasteiger partial charge in [0.25, 0.3) is 0 Å². The van der Waals surface area contributed by atoms with Crippen LogP contribution in [-0.2, 0) is 12.7 Å². The van der Waals surface area contributed by atoms with Crippen LogP contribution in [0.25, 0.3) is 0 Å². The molecule has 2 aromatic rings. The summed E-state index contributed by atoms with van der Waals surface area (Å²) < 4.78 is 44.9. The van der Waals surface area contributed by atoms with E-state index in [2.05, 4.69) is 20.2 Å². The zero-order chi connectivity index (χ0) is 20.9. The molecule has 1 saturated carbocycles. The molecule has 8 heteroatoms. The molecule has 158 valence electrons. The summed E-state index contributed by atoms with van der Waals surface area (Å²) in [7, 11) is 1.52. The van der Waals surface area contributed by atoms with Crippen LogP contribution in [0.3, 0.4) is 0 Å². The van der Waals surface area contributed by atoms with Crippen molar-refractivity contribution in [3.8, 4) is 5.75 Å². The molecule has 1 aliphatic carbocycles. The first-order valence-electron chi connectivity index (χ1n) is 9.95. The molecule has 0 atom stereocenters. The molecule has 1 heterocycles. The Balaban J connectivity index is 1.83. The van der Waals surface area contributed by atoms with E-state index in [-0.39, 0.29) is 6.54 Å². The van der Waals surface area contributed by atoms with Crippen molar-refractivity contribution < 1.29 is 17.9 Å². The van der Waals surface area contributed by atoms with Gasteiger partial charge in [-0.05, 0) is 49.4 Å². The molecule has 1 aromatic heterocycles. The number of anilines is 2. The molecule has 1 N–H and O–H groups in total. The molecule has 29 heavy (non-hydrogen) atoms. The Bertz CT molecular complexity index is 790. The third-order valence-corrected chi connectivity index (χ3v) is 5.38. The lowest BCUT2D eigenvalue weighted by molar-refractivity contribution is -0.137. The lowest BCUT2D eigenvalue weighted by Crippen LogP contribution is -2.29. The monoisotopic (exact) mass is 408 g/mol. The fourth-order valence-electron chi connectivity index (χ4n) is 3.80. The molecule has 1 aromatic carbocycles. The predicted molar refractivity (Wildman–Crippen MR) is 107 cm³/mol. The highest BCUT2D eigenvalue weighted by Gasteiger charge is 2.31. The molecule has 5 nitrogen and oxygen atoms in total. The van der Waals surface area contributed by atoms with E-state index in [1.807, 2.05) is 6.92 Å². The van der Waals surface area contributed by atoms with E-state index in [9.17, 15) is 13.2 Å². The second-order valence-corrected chi connectivity index (χ2v) is 7.33. The van der Waals surface area contributed by atoms with Crippen LogP contribution >= 0.6 is 0 Å². The van der Waals surface area contributed by atoms with Gasteiger partial charge in [-0.1, -0.05) is 12.8 Å². The van der Waals surface area contributed by atoms with E-state index < -0.39 is 11.7 Å². The van der Waals surface area contributed by atoms with Crippen LogP contribution in [0.5, 0.6) is 5.75 Å². The first-order valence-corrected chi connectivity index (χ1v) is 9.95. The van der Waals surface area contributed by atoms with Gasteiger partial charge >= 0.3 is 6.18 Å². The molecule has 0 bridgehead atoms. The largest absolute Gasteiger partial charge is 0.494 e. The molecule has 0 unspecified atom stereocenters. The maximum Gasteiger partial charge on any atom is 0.416 e. The third kappa shape index (κ3) is 5.52. The van der Waals surface area contributed by atoms with Gasteiger partial charge < -0.3 is 15.0 Å². The van der Waals surface area contributed by atoms with Crippen molar-refractivity contribution in [3.05, 3.63) is 41.7 Å². The summed E-state index contributed by atoms with van der Waals surface area (Å²) in [4.78, 5) is 10.4. The van der Waals surface area contributed by atoms with Gasteiger partial charge in [0.2, 0.25) is 5.95 Å². The molecule has 0 amide bonds. The Labute approximate surface area is 169 Å². The highest BCUT2D eigenvalue weighted by Crippen LogP contribution is 2.34.